The molecule has 0 aliphatic heterocycles. The second-order valence-corrected chi connectivity index (χ2v) is 7.80. The molecule has 1 aromatic carbocycles. The highest BCUT2D eigenvalue weighted by molar-refractivity contribution is 7.91. The van der Waals surface area contributed by atoms with E-state index >= 15 is 0 Å². The molecule has 4 heteroatoms. The van der Waals surface area contributed by atoms with Crippen LogP contribution in [0.2, 0.25) is 0 Å². The maximum absolute atomic E-state index is 12.6. The van der Waals surface area contributed by atoms with Gasteiger partial charge in [0.2, 0.25) is 0 Å². The highest BCUT2D eigenvalue weighted by Gasteiger charge is 2.20. The molecule has 0 heterocycles. The summed E-state index contributed by atoms with van der Waals surface area (Å²) in [5.74, 6) is 0.548. The quantitative estimate of drug-likeness (QED) is 0.718. The SMILES string of the molecule is CCCC(CCC)CS(=O)(=O)c1cccc(CCCN)c1. The van der Waals surface area contributed by atoms with Gasteiger partial charge in [0, 0.05) is 0 Å². The number of nitrogens with two attached hydrogens (primary N) is 1. The van der Waals surface area contributed by atoms with Gasteiger partial charge in [-0.25, -0.2) is 8.42 Å². The minimum absolute atomic E-state index is 0.273. The van der Waals surface area contributed by atoms with Gasteiger partial charge in [-0.3, -0.25) is 0 Å². The fraction of sp³-hybridized carbons (Fsp3) is 0.647. The van der Waals surface area contributed by atoms with Gasteiger partial charge in [0.05, 0.1) is 10.6 Å². The summed E-state index contributed by atoms with van der Waals surface area (Å²) < 4.78 is 25.2. The lowest BCUT2D eigenvalue weighted by Crippen LogP contribution is -2.16. The Bertz CT molecular complexity index is 505. The molecule has 0 aromatic heterocycles. The van der Waals surface area contributed by atoms with Crippen LogP contribution < -0.4 is 5.73 Å². The van der Waals surface area contributed by atoms with E-state index in [2.05, 4.69) is 13.8 Å². The van der Waals surface area contributed by atoms with E-state index in [4.69, 9.17) is 5.73 Å². The predicted octanol–water partition coefficient (Wildman–Crippen LogP) is 3.57. The average molecular weight is 311 g/mol. The predicted molar refractivity (Wildman–Crippen MR) is 89.2 cm³/mol. The van der Waals surface area contributed by atoms with Crippen LogP contribution in [0.3, 0.4) is 0 Å². The second kappa shape index (κ2) is 9.21. The molecule has 0 aliphatic rings. The molecule has 3 nitrogen and oxygen atoms in total. The first-order valence-electron chi connectivity index (χ1n) is 8.05. The van der Waals surface area contributed by atoms with E-state index < -0.39 is 9.84 Å². The molecule has 120 valence electrons. The zero-order valence-corrected chi connectivity index (χ0v) is 14.2. The molecule has 0 amide bonds. The van der Waals surface area contributed by atoms with Crippen molar-refractivity contribution in [3.05, 3.63) is 29.8 Å². The third-order valence-electron chi connectivity index (χ3n) is 3.78. The van der Waals surface area contributed by atoms with Crippen LogP contribution >= 0.6 is 0 Å². The zero-order valence-electron chi connectivity index (χ0n) is 13.3. The smallest absolute Gasteiger partial charge is 0.178 e. The molecule has 0 saturated heterocycles. The first kappa shape index (κ1) is 18.2. The topological polar surface area (TPSA) is 60.2 Å². The summed E-state index contributed by atoms with van der Waals surface area (Å²) in [6, 6.07) is 7.35. The third-order valence-corrected chi connectivity index (χ3v) is 5.66. The molecule has 2 N–H and O–H groups in total. The average Bonchev–Trinajstić information content (AvgIpc) is 2.45. The highest BCUT2D eigenvalue weighted by atomic mass is 32.2. The Labute approximate surface area is 129 Å². The van der Waals surface area contributed by atoms with Gasteiger partial charge in [-0.1, -0.05) is 38.8 Å². The summed E-state index contributed by atoms with van der Waals surface area (Å²) in [4.78, 5) is 0.467. The van der Waals surface area contributed by atoms with E-state index in [-0.39, 0.29) is 11.7 Å². The number of rotatable bonds is 10. The minimum atomic E-state index is -3.18. The minimum Gasteiger partial charge on any atom is -0.330 e. The first-order chi connectivity index (χ1) is 10.0. The molecule has 1 rings (SSSR count). The number of aryl methyl sites for hydroxylation is 1. The van der Waals surface area contributed by atoms with Crippen LogP contribution in [0.25, 0.3) is 0 Å². The molecule has 0 atom stereocenters. The summed E-state index contributed by atoms with van der Waals surface area (Å²) in [5.41, 5.74) is 6.57. The largest absolute Gasteiger partial charge is 0.330 e. The number of hydrogen-bond donors (Lipinski definition) is 1. The molecule has 1 aromatic rings. The molecule has 21 heavy (non-hydrogen) atoms. The summed E-state index contributed by atoms with van der Waals surface area (Å²) in [6.45, 7) is 4.86. The Morgan fingerprint density at radius 3 is 2.38 bits per heavy atom. The lowest BCUT2D eigenvalue weighted by Gasteiger charge is -2.15. The van der Waals surface area contributed by atoms with Crippen molar-refractivity contribution in [2.45, 2.75) is 57.3 Å². The maximum Gasteiger partial charge on any atom is 0.178 e. The van der Waals surface area contributed by atoms with E-state index in [1.54, 1.807) is 6.07 Å². The van der Waals surface area contributed by atoms with Crippen LogP contribution in [0.15, 0.2) is 29.2 Å². The monoisotopic (exact) mass is 311 g/mol. The van der Waals surface area contributed by atoms with Gasteiger partial charge >= 0.3 is 0 Å². The van der Waals surface area contributed by atoms with Gasteiger partial charge in [0.25, 0.3) is 0 Å². The molecule has 0 spiro atoms. The molecular formula is C17H29NO2S. The number of sulfone groups is 1. The Hall–Kier alpha value is -0.870. The Morgan fingerprint density at radius 1 is 1.14 bits per heavy atom. The van der Waals surface area contributed by atoms with E-state index in [1.165, 1.54) is 0 Å². The molecule has 0 fully saturated rings. The number of hydrogen-bond acceptors (Lipinski definition) is 3. The van der Waals surface area contributed by atoms with Crippen molar-refractivity contribution < 1.29 is 8.42 Å². The Kier molecular flexibility index (Phi) is 7.97. The first-order valence-corrected chi connectivity index (χ1v) is 9.70. The van der Waals surface area contributed by atoms with Gasteiger partial charge in [-0.05, 0) is 55.8 Å². The summed E-state index contributed by atoms with van der Waals surface area (Å²) in [5, 5.41) is 0. The highest BCUT2D eigenvalue weighted by Crippen LogP contribution is 2.22. The van der Waals surface area contributed by atoms with Gasteiger partial charge < -0.3 is 5.73 Å². The standard InChI is InChI=1S/C17H29NO2S/c1-3-7-16(8-4-2)14-21(19,20)17-11-5-9-15(13-17)10-6-12-18/h5,9,11,13,16H,3-4,6-8,10,12,14,18H2,1-2H3. The van der Waals surface area contributed by atoms with Crippen LogP contribution in [-0.4, -0.2) is 20.7 Å². The van der Waals surface area contributed by atoms with E-state index in [0.29, 0.717) is 11.4 Å². The fourth-order valence-electron chi connectivity index (χ4n) is 2.73. The molecular weight excluding hydrogens is 282 g/mol. The lowest BCUT2D eigenvalue weighted by molar-refractivity contribution is 0.473. The maximum atomic E-state index is 12.6. The lowest BCUT2D eigenvalue weighted by atomic mass is 10.0. The van der Waals surface area contributed by atoms with Crippen molar-refractivity contribution in [3.63, 3.8) is 0 Å². The van der Waals surface area contributed by atoms with Crippen LogP contribution in [-0.2, 0) is 16.3 Å². The van der Waals surface area contributed by atoms with E-state index in [1.807, 2.05) is 18.2 Å². The van der Waals surface area contributed by atoms with Crippen molar-refractivity contribution in [2.24, 2.45) is 11.7 Å². The van der Waals surface area contributed by atoms with Crippen molar-refractivity contribution in [2.75, 3.05) is 12.3 Å². The third kappa shape index (κ3) is 6.18. The second-order valence-electron chi connectivity index (χ2n) is 5.76. The summed E-state index contributed by atoms with van der Waals surface area (Å²) in [6.07, 6.45) is 5.78. The van der Waals surface area contributed by atoms with Crippen LogP contribution in [0.5, 0.6) is 0 Å². The van der Waals surface area contributed by atoms with E-state index in [0.717, 1.165) is 44.1 Å². The van der Waals surface area contributed by atoms with Gasteiger partial charge in [0.15, 0.2) is 9.84 Å². The van der Waals surface area contributed by atoms with Crippen molar-refractivity contribution in [1.29, 1.82) is 0 Å². The van der Waals surface area contributed by atoms with Gasteiger partial charge in [-0.15, -0.1) is 0 Å². The fourth-order valence-corrected chi connectivity index (χ4v) is 4.50. The normalized spacial score (nSPS) is 12.0. The van der Waals surface area contributed by atoms with Crippen molar-refractivity contribution in [1.82, 2.24) is 0 Å². The van der Waals surface area contributed by atoms with E-state index in [9.17, 15) is 8.42 Å². The van der Waals surface area contributed by atoms with Crippen molar-refractivity contribution in [3.8, 4) is 0 Å². The Morgan fingerprint density at radius 2 is 1.81 bits per heavy atom. The van der Waals surface area contributed by atoms with Crippen molar-refractivity contribution >= 4 is 9.84 Å². The Balaban J connectivity index is 2.85. The van der Waals surface area contributed by atoms with Crippen LogP contribution in [0, 0.1) is 5.92 Å². The number of benzene rings is 1. The molecule has 0 radical (unpaired) electrons. The molecule has 0 saturated carbocycles. The zero-order chi connectivity index (χ0) is 15.7. The molecule has 0 bridgehead atoms. The summed E-state index contributed by atoms with van der Waals surface area (Å²) in [7, 11) is -3.18. The molecule has 0 aliphatic carbocycles. The van der Waals surface area contributed by atoms with Gasteiger partial charge in [0.1, 0.15) is 0 Å². The summed E-state index contributed by atoms with van der Waals surface area (Å²) >= 11 is 0. The van der Waals surface area contributed by atoms with Crippen LogP contribution in [0.1, 0.15) is 51.5 Å². The van der Waals surface area contributed by atoms with Gasteiger partial charge in [-0.2, -0.15) is 0 Å². The molecule has 0 unspecified atom stereocenters. The van der Waals surface area contributed by atoms with Crippen LogP contribution in [0.4, 0.5) is 0 Å².